The Hall–Kier alpha value is -1.15. The summed E-state index contributed by atoms with van der Waals surface area (Å²) in [5.41, 5.74) is 2.24. The standard InChI is InChI=1S/C14H21ClN2/c1-5-6-7-11(2)16-13-10-12(15)8-9-14(13)17(3)4/h5,8-11,16H,1,6-7H2,2-4H3. The molecule has 2 nitrogen and oxygen atoms in total. The van der Waals surface area contributed by atoms with Gasteiger partial charge in [0.15, 0.2) is 0 Å². The fourth-order valence-corrected chi connectivity index (χ4v) is 1.89. The van der Waals surface area contributed by atoms with Crippen LogP contribution in [0.2, 0.25) is 5.02 Å². The van der Waals surface area contributed by atoms with Crippen LogP contribution in [0.15, 0.2) is 30.9 Å². The highest BCUT2D eigenvalue weighted by molar-refractivity contribution is 6.31. The lowest BCUT2D eigenvalue weighted by Crippen LogP contribution is -2.18. The molecule has 0 aliphatic carbocycles. The average Bonchev–Trinajstić information content (AvgIpc) is 2.26. The van der Waals surface area contributed by atoms with Gasteiger partial charge in [0, 0.05) is 25.2 Å². The second-order valence-electron chi connectivity index (χ2n) is 4.47. The summed E-state index contributed by atoms with van der Waals surface area (Å²) in [5.74, 6) is 0. The zero-order valence-corrected chi connectivity index (χ0v) is 11.6. The fraction of sp³-hybridized carbons (Fsp3) is 0.429. The van der Waals surface area contributed by atoms with Gasteiger partial charge < -0.3 is 10.2 Å². The molecule has 0 fully saturated rings. The van der Waals surface area contributed by atoms with Gasteiger partial charge in [0.25, 0.3) is 0 Å². The van der Waals surface area contributed by atoms with Gasteiger partial charge in [0.05, 0.1) is 11.4 Å². The van der Waals surface area contributed by atoms with E-state index in [-0.39, 0.29) is 0 Å². The Bertz CT molecular complexity index is 374. The predicted octanol–water partition coefficient (Wildman–Crippen LogP) is 4.17. The minimum Gasteiger partial charge on any atom is -0.381 e. The lowest BCUT2D eigenvalue weighted by molar-refractivity contribution is 0.719. The van der Waals surface area contributed by atoms with E-state index in [2.05, 4.69) is 23.7 Å². The van der Waals surface area contributed by atoms with Gasteiger partial charge in [0.2, 0.25) is 0 Å². The van der Waals surface area contributed by atoms with Crippen molar-refractivity contribution in [1.29, 1.82) is 0 Å². The van der Waals surface area contributed by atoms with Crippen molar-refractivity contribution in [3.63, 3.8) is 0 Å². The highest BCUT2D eigenvalue weighted by Gasteiger charge is 2.08. The number of halogens is 1. The number of allylic oxidation sites excluding steroid dienone is 1. The molecule has 1 atom stereocenters. The summed E-state index contributed by atoms with van der Waals surface area (Å²) in [5, 5.41) is 4.25. The maximum Gasteiger partial charge on any atom is 0.0597 e. The van der Waals surface area contributed by atoms with Crippen LogP contribution in [0.4, 0.5) is 11.4 Å². The molecule has 0 radical (unpaired) electrons. The van der Waals surface area contributed by atoms with E-state index in [0.717, 1.165) is 29.2 Å². The van der Waals surface area contributed by atoms with Gasteiger partial charge in [-0.25, -0.2) is 0 Å². The number of nitrogens with zero attached hydrogens (tertiary/aromatic N) is 1. The third kappa shape index (κ3) is 4.31. The Morgan fingerprint density at radius 1 is 1.47 bits per heavy atom. The maximum absolute atomic E-state index is 6.03. The molecule has 0 aliphatic rings. The molecular weight excluding hydrogens is 232 g/mol. The molecule has 3 heteroatoms. The van der Waals surface area contributed by atoms with Crippen LogP contribution in [-0.4, -0.2) is 20.1 Å². The minimum absolute atomic E-state index is 0.408. The zero-order valence-electron chi connectivity index (χ0n) is 10.8. The molecule has 0 saturated heterocycles. The molecule has 0 aliphatic heterocycles. The Morgan fingerprint density at radius 2 is 2.18 bits per heavy atom. The molecule has 0 aromatic heterocycles. The first-order chi connectivity index (χ1) is 8.04. The summed E-state index contributed by atoms with van der Waals surface area (Å²) in [6, 6.07) is 6.33. The van der Waals surface area contributed by atoms with Crippen molar-refractivity contribution in [2.24, 2.45) is 0 Å². The summed E-state index contributed by atoms with van der Waals surface area (Å²) in [6.07, 6.45) is 4.04. The van der Waals surface area contributed by atoms with Crippen molar-refractivity contribution in [2.45, 2.75) is 25.8 Å². The Labute approximate surface area is 109 Å². The van der Waals surface area contributed by atoms with Crippen LogP contribution in [0.3, 0.4) is 0 Å². The second-order valence-corrected chi connectivity index (χ2v) is 4.90. The average molecular weight is 253 g/mol. The lowest BCUT2D eigenvalue weighted by atomic mass is 10.1. The molecule has 0 bridgehead atoms. The third-order valence-corrected chi connectivity index (χ3v) is 2.88. The van der Waals surface area contributed by atoms with Gasteiger partial charge in [-0.05, 0) is 38.0 Å². The molecule has 1 rings (SSSR count). The first-order valence-corrected chi connectivity index (χ1v) is 6.26. The largest absolute Gasteiger partial charge is 0.381 e. The molecule has 17 heavy (non-hydrogen) atoms. The number of rotatable bonds is 6. The summed E-state index contributed by atoms with van der Waals surface area (Å²) < 4.78 is 0. The van der Waals surface area contributed by atoms with Crippen molar-refractivity contribution in [2.75, 3.05) is 24.3 Å². The number of hydrogen-bond acceptors (Lipinski definition) is 2. The van der Waals surface area contributed by atoms with Gasteiger partial charge in [-0.1, -0.05) is 17.7 Å². The first-order valence-electron chi connectivity index (χ1n) is 5.89. The van der Waals surface area contributed by atoms with Crippen molar-refractivity contribution >= 4 is 23.0 Å². The van der Waals surface area contributed by atoms with E-state index in [9.17, 15) is 0 Å². The molecule has 1 aromatic carbocycles. The van der Waals surface area contributed by atoms with Crippen molar-refractivity contribution in [1.82, 2.24) is 0 Å². The monoisotopic (exact) mass is 252 g/mol. The van der Waals surface area contributed by atoms with Crippen molar-refractivity contribution in [3.8, 4) is 0 Å². The maximum atomic E-state index is 6.03. The molecule has 1 N–H and O–H groups in total. The van der Waals surface area contributed by atoms with Crippen LogP contribution in [0, 0.1) is 0 Å². The Kier molecular flexibility index (Phi) is 5.36. The van der Waals surface area contributed by atoms with Gasteiger partial charge in [0.1, 0.15) is 0 Å². The van der Waals surface area contributed by atoms with Crippen LogP contribution >= 0.6 is 11.6 Å². The van der Waals surface area contributed by atoms with Gasteiger partial charge in [-0.3, -0.25) is 0 Å². The SMILES string of the molecule is C=CCCC(C)Nc1cc(Cl)ccc1N(C)C. The zero-order chi connectivity index (χ0) is 12.8. The summed E-state index contributed by atoms with van der Waals surface area (Å²) >= 11 is 6.03. The molecule has 0 saturated carbocycles. The van der Waals surface area contributed by atoms with Crippen LogP contribution in [0.1, 0.15) is 19.8 Å². The molecule has 0 heterocycles. The molecule has 1 aromatic rings. The Morgan fingerprint density at radius 3 is 2.76 bits per heavy atom. The summed E-state index contributed by atoms with van der Waals surface area (Å²) in [6.45, 7) is 5.91. The lowest BCUT2D eigenvalue weighted by Gasteiger charge is -2.22. The third-order valence-electron chi connectivity index (χ3n) is 2.65. The molecule has 0 amide bonds. The highest BCUT2D eigenvalue weighted by atomic mass is 35.5. The Balaban J connectivity index is 2.80. The van der Waals surface area contributed by atoms with Crippen LogP contribution in [0.5, 0.6) is 0 Å². The topological polar surface area (TPSA) is 15.3 Å². The van der Waals surface area contributed by atoms with E-state index in [1.807, 2.05) is 38.4 Å². The van der Waals surface area contributed by atoms with Crippen LogP contribution in [0.25, 0.3) is 0 Å². The van der Waals surface area contributed by atoms with Crippen LogP contribution < -0.4 is 10.2 Å². The van der Waals surface area contributed by atoms with E-state index >= 15 is 0 Å². The van der Waals surface area contributed by atoms with Crippen molar-refractivity contribution in [3.05, 3.63) is 35.9 Å². The van der Waals surface area contributed by atoms with Crippen molar-refractivity contribution < 1.29 is 0 Å². The first kappa shape index (κ1) is 13.9. The quantitative estimate of drug-likeness (QED) is 0.765. The smallest absolute Gasteiger partial charge is 0.0597 e. The summed E-state index contributed by atoms with van der Waals surface area (Å²) in [4.78, 5) is 2.08. The van der Waals surface area contributed by atoms with E-state index in [1.54, 1.807) is 0 Å². The predicted molar refractivity (Wildman–Crippen MR) is 78.3 cm³/mol. The fourth-order valence-electron chi connectivity index (χ4n) is 1.72. The van der Waals surface area contributed by atoms with E-state index < -0.39 is 0 Å². The van der Waals surface area contributed by atoms with E-state index in [4.69, 9.17) is 11.6 Å². The number of anilines is 2. The van der Waals surface area contributed by atoms with Gasteiger partial charge in [-0.15, -0.1) is 6.58 Å². The van der Waals surface area contributed by atoms with E-state index in [1.165, 1.54) is 0 Å². The number of hydrogen-bond donors (Lipinski definition) is 1. The van der Waals surface area contributed by atoms with Gasteiger partial charge >= 0.3 is 0 Å². The van der Waals surface area contributed by atoms with Gasteiger partial charge in [-0.2, -0.15) is 0 Å². The second kappa shape index (κ2) is 6.55. The normalized spacial score (nSPS) is 12.0. The highest BCUT2D eigenvalue weighted by Crippen LogP contribution is 2.28. The van der Waals surface area contributed by atoms with Crippen LogP contribution in [-0.2, 0) is 0 Å². The number of benzene rings is 1. The van der Waals surface area contributed by atoms with E-state index in [0.29, 0.717) is 6.04 Å². The molecule has 1 unspecified atom stereocenters. The molecular formula is C14H21ClN2. The molecule has 94 valence electrons. The number of nitrogens with one attached hydrogen (secondary N) is 1. The minimum atomic E-state index is 0.408. The molecule has 0 spiro atoms. The summed E-state index contributed by atoms with van der Waals surface area (Å²) in [7, 11) is 4.06.